The van der Waals surface area contributed by atoms with Gasteiger partial charge in [0.1, 0.15) is 0 Å². The van der Waals surface area contributed by atoms with Crippen molar-refractivity contribution in [3.8, 4) is 0 Å². The van der Waals surface area contributed by atoms with Gasteiger partial charge in [-0.25, -0.2) is 0 Å². The lowest BCUT2D eigenvalue weighted by Gasteiger charge is -2.34. The Morgan fingerprint density at radius 3 is 2.43 bits per heavy atom. The summed E-state index contributed by atoms with van der Waals surface area (Å²) in [5, 5.41) is 5.82. The average Bonchev–Trinajstić information content (AvgIpc) is 2.89. The van der Waals surface area contributed by atoms with E-state index in [-0.39, 0.29) is 5.41 Å². The molecule has 0 radical (unpaired) electrons. The van der Waals surface area contributed by atoms with Crippen LogP contribution in [0.3, 0.4) is 0 Å². The fourth-order valence-electron chi connectivity index (χ4n) is 2.67. The minimum absolute atomic E-state index is 0.152. The molecule has 1 nitrogen and oxygen atoms in total. The third-order valence-corrected chi connectivity index (χ3v) is 6.03. The maximum atomic E-state index is 3.69. The SMILES string of the molecule is CCC(CNC(C)C)(Cc1sccc1Br)c1ccccc1. The second-order valence-corrected chi connectivity index (χ2v) is 7.76. The van der Waals surface area contributed by atoms with Crippen molar-refractivity contribution >= 4 is 27.3 Å². The molecule has 0 saturated carbocycles. The number of thiophene rings is 1. The summed E-state index contributed by atoms with van der Waals surface area (Å²) < 4.78 is 1.24. The lowest BCUT2D eigenvalue weighted by atomic mass is 9.74. The second-order valence-electron chi connectivity index (χ2n) is 5.90. The van der Waals surface area contributed by atoms with Crippen LogP contribution in [0, 0.1) is 0 Å². The highest BCUT2D eigenvalue weighted by Gasteiger charge is 2.31. The Hall–Kier alpha value is -0.640. The summed E-state index contributed by atoms with van der Waals surface area (Å²) in [6, 6.07) is 13.6. The Morgan fingerprint density at radius 1 is 1.19 bits per heavy atom. The monoisotopic (exact) mass is 365 g/mol. The Balaban J connectivity index is 2.34. The van der Waals surface area contributed by atoms with E-state index in [1.54, 1.807) is 0 Å². The summed E-state index contributed by atoms with van der Waals surface area (Å²) in [5.74, 6) is 0. The molecule has 114 valence electrons. The largest absolute Gasteiger partial charge is 0.314 e. The summed E-state index contributed by atoms with van der Waals surface area (Å²) in [7, 11) is 0. The number of benzene rings is 1. The van der Waals surface area contributed by atoms with E-state index in [1.807, 2.05) is 11.3 Å². The van der Waals surface area contributed by atoms with Crippen LogP contribution in [-0.2, 0) is 11.8 Å². The molecule has 2 aromatic rings. The van der Waals surface area contributed by atoms with Crippen LogP contribution < -0.4 is 5.32 Å². The zero-order valence-corrected chi connectivity index (χ0v) is 15.4. The smallest absolute Gasteiger partial charge is 0.0314 e. The quantitative estimate of drug-likeness (QED) is 0.692. The fourth-order valence-corrected chi connectivity index (χ4v) is 4.31. The zero-order chi connectivity index (χ0) is 15.3. The number of hydrogen-bond donors (Lipinski definition) is 1. The van der Waals surface area contributed by atoms with E-state index >= 15 is 0 Å². The third kappa shape index (κ3) is 4.18. The van der Waals surface area contributed by atoms with Crippen molar-refractivity contribution < 1.29 is 0 Å². The highest BCUT2D eigenvalue weighted by molar-refractivity contribution is 9.10. The van der Waals surface area contributed by atoms with Crippen molar-refractivity contribution in [2.24, 2.45) is 0 Å². The number of halogens is 1. The van der Waals surface area contributed by atoms with Gasteiger partial charge in [-0.05, 0) is 45.8 Å². The molecule has 1 atom stereocenters. The van der Waals surface area contributed by atoms with Crippen LogP contribution in [0.1, 0.15) is 37.6 Å². The number of nitrogens with one attached hydrogen (secondary N) is 1. The molecule has 0 saturated heterocycles. The maximum Gasteiger partial charge on any atom is 0.0314 e. The van der Waals surface area contributed by atoms with Gasteiger partial charge in [0.2, 0.25) is 0 Å². The highest BCUT2D eigenvalue weighted by atomic mass is 79.9. The van der Waals surface area contributed by atoms with Crippen LogP contribution in [0.25, 0.3) is 0 Å². The Labute approximate surface area is 140 Å². The third-order valence-electron chi connectivity index (χ3n) is 4.10. The molecule has 1 aromatic heterocycles. The van der Waals surface area contributed by atoms with Crippen LogP contribution in [0.15, 0.2) is 46.3 Å². The molecule has 0 fully saturated rings. The molecule has 1 aromatic carbocycles. The molecule has 2 rings (SSSR count). The van der Waals surface area contributed by atoms with E-state index in [1.165, 1.54) is 14.9 Å². The van der Waals surface area contributed by atoms with E-state index in [9.17, 15) is 0 Å². The van der Waals surface area contributed by atoms with E-state index in [2.05, 4.69) is 83.8 Å². The van der Waals surface area contributed by atoms with Gasteiger partial charge < -0.3 is 5.32 Å². The van der Waals surface area contributed by atoms with Crippen molar-refractivity contribution in [1.82, 2.24) is 5.32 Å². The average molecular weight is 366 g/mol. The van der Waals surface area contributed by atoms with Crippen molar-refractivity contribution in [1.29, 1.82) is 0 Å². The van der Waals surface area contributed by atoms with E-state index < -0.39 is 0 Å². The molecule has 0 amide bonds. The summed E-state index contributed by atoms with van der Waals surface area (Å²) in [5.41, 5.74) is 1.58. The van der Waals surface area contributed by atoms with Crippen LogP contribution in [0.2, 0.25) is 0 Å². The first kappa shape index (κ1) is 16.7. The van der Waals surface area contributed by atoms with Crippen LogP contribution in [-0.4, -0.2) is 12.6 Å². The molecule has 0 aliphatic rings. The Bertz CT molecular complexity index is 549. The topological polar surface area (TPSA) is 12.0 Å². The molecule has 3 heteroatoms. The Morgan fingerprint density at radius 2 is 1.90 bits per heavy atom. The lowest BCUT2D eigenvalue weighted by molar-refractivity contribution is 0.365. The predicted octanol–water partition coefficient (Wildman–Crippen LogP) is 5.40. The molecule has 0 spiro atoms. The minimum atomic E-state index is 0.152. The fraction of sp³-hybridized carbons (Fsp3) is 0.444. The summed E-state index contributed by atoms with van der Waals surface area (Å²) in [4.78, 5) is 1.44. The van der Waals surface area contributed by atoms with Crippen LogP contribution >= 0.6 is 27.3 Å². The maximum absolute atomic E-state index is 3.69. The highest BCUT2D eigenvalue weighted by Crippen LogP contribution is 2.36. The lowest BCUT2D eigenvalue weighted by Crippen LogP contribution is -2.42. The molecule has 0 aliphatic carbocycles. The molecule has 0 bridgehead atoms. The first-order valence-electron chi connectivity index (χ1n) is 7.58. The van der Waals surface area contributed by atoms with Gasteiger partial charge in [-0.1, -0.05) is 51.1 Å². The summed E-state index contributed by atoms with van der Waals surface area (Å²) in [6.45, 7) is 7.74. The summed E-state index contributed by atoms with van der Waals surface area (Å²) in [6.07, 6.45) is 2.20. The molecular formula is C18H24BrNS. The van der Waals surface area contributed by atoms with Crippen molar-refractivity contribution in [3.05, 3.63) is 56.7 Å². The summed E-state index contributed by atoms with van der Waals surface area (Å²) >= 11 is 5.54. The van der Waals surface area contributed by atoms with Crippen LogP contribution in [0.5, 0.6) is 0 Å². The molecule has 1 N–H and O–H groups in total. The minimum Gasteiger partial charge on any atom is -0.314 e. The second kappa shape index (κ2) is 7.57. The Kier molecular flexibility index (Phi) is 6.03. The predicted molar refractivity (Wildman–Crippen MR) is 97.3 cm³/mol. The van der Waals surface area contributed by atoms with Gasteiger partial charge in [0.05, 0.1) is 0 Å². The van der Waals surface area contributed by atoms with E-state index in [0.717, 1.165) is 19.4 Å². The van der Waals surface area contributed by atoms with Crippen LogP contribution in [0.4, 0.5) is 0 Å². The molecule has 1 unspecified atom stereocenters. The first-order chi connectivity index (χ1) is 10.1. The van der Waals surface area contributed by atoms with Gasteiger partial charge >= 0.3 is 0 Å². The van der Waals surface area contributed by atoms with Crippen molar-refractivity contribution in [2.45, 2.75) is 45.1 Å². The standard InChI is InChI=1S/C18H24BrNS/c1-4-18(13-20-14(2)3,15-8-6-5-7-9-15)12-17-16(19)10-11-21-17/h5-11,14,20H,4,12-13H2,1-3H3. The van der Waals surface area contributed by atoms with E-state index in [0.29, 0.717) is 6.04 Å². The van der Waals surface area contributed by atoms with Crippen molar-refractivity contribution in [2.75, 3.05) is 6.54 Å². The van der Waals surface area contributed by atoms with Gasteiger partial charge in [0.25, 0.3) is 0 Å². The molecule has 1 heterocycles. The zero-order valence-electron chi connectivity index (χ0n) is 13.0. The molecule has 0 aliphatic heterocycles. The normalized spacial score (nSPS) is 14.3. The van der Waals surface area contributed by atoms with Crippen molar-refractivity contribution in [3.63, 3.8) is 0 Å². The molecule has 21 heavy (non-hydrogen) atoms. The van der Waals surface area contributed by atoms with E-state index in [4.69, 9.17) is 0 Å². The number of hydrogen-bond acceptors (Lipinski definition) is 2. The van der Waals surface area contributed by atoms with Gasteiger partial charge in [-0.15, -0.1) is 11.3 Å². The van der Waals surface area contributed by atoms with Gasteiger partial charge in [-0.2, -0.15) is 0 Å². The van der Waals surface area contributed by atoms with Gasteiger partial charge in [0.15, 0.2) is 0 Å². The van der Waals surface area contributed by atoms with Gasteiger partial charge in [0, 0.05) is 27.4 Å². The molecular weight excluding hydrogens is 342 g/mol. The van der Waals surface area contributed by atoms with Gasteiger partial charge in [-0.3, -0.25) is 0 Å². The number of rotatable bonds is 7. The first-order valence-corrected chi connectivity index (χ1v) is 9.25.